The van der Waals surface area contributed by atoms with Crippen LogP contribution in [0.2, 0.25) is 0 Å². The van der Waals surface area contributed by atoms with E-state index in [-0.39, 0.29) is 30.5 Å². The standard InChI is InChI=1S/C15H22N2O3S.ClH/c1-10-7-12-8-13(5-6-15(12)20-10)21(18,19)17-14-4-2-3-11(14)9-16;/h5-6,8,10-11,14,17H,2-4,7,9,16H2,1H3;1H. The Balaban J connectivity index is 0.00000176. The SMILES string of the molecule is CC1Cc2cc(S(=O)(=O)NC3CCCC3CN)ccc2O1.Cl. The molecule has 1 heterocycles. The summed E-state index contributed by atoms with van der Waals surface area (Å²) in [5, 5.41) is 0. The summed E-state index contributed by atoms with van der Waals surface area (Å²) in [6.45, 7) is 2.51. The van der Waals surface area contributed by atoms with Gasteiger partial charge in [0.1, 0.15) is 11.9 Å². The maximum atomic E-state index is 12.5. The Bertz CT molecular complexity index is 636. The molecule has 3 atom stereocenters. The number of ether oxygens (including phenoxy) is 1. The van der Waals surface area contributed by atoms with E-state index in [0.717, 1.165) is 37.0 Å². The van der Waals surface area contributed by atoms with Gasteiger partial charge in [-0.15, -0.1) is 12.4 Å². The van der Waals surface area contributed by atoms with Crippen LogP contribution in [0, 0.1) is 5.92 Å². The number of fused-ring (bicyclic) bond motifs is 1. The van der Waals surface area contributed by atoms with Crippen molar-refractivity contribution < 1.29 is 13.2 Å². The lowest BCUT2D eigenvalue weighted by Crippen LogP contribution is -2.39. The number of halogens is 1. The Hall–Kier alpha value is -0.820. The van der Waals surface area contributed by atoms with E-state index in [1.807, 2.05) is 6.92 Å². The Kier molecular flexibility index (Phi) is 5.37. The first-order valence-corrected chi connectivity index (χ1v) is 9.00. The molecule has 0 radical (unpaired) electrons. The summed E-state index contributed by atoms with van der Waals surface area (Å²) in [4.78, 5) is 0.321. The molecule has 1 aromatic rings. The largest absolute Gasteiger partial charge is 0.490 e. The van der Waals surface area contributed by atoms with Crippen LogP contribution in [0.1, 0.15) is 31.7 Å². The average molecular weight is 347 g/mol. The average Bonchev–Trinajstić information content (AvgIpc) is 3.01. The zero-order valence-electron chi connectivity index (χ0n) is 12.6. The highest BCUT2D eigenvalue weighted by molar-refractivity contribution is 7.89. The van der Waals surface area contributed by atoms with Gasteiger partial charge in [0.25, 0.3) is 0 Å². The topological polar surface area (TPSA) is 81.4 Å². The maximum Gasteiger partial charge on any atom is 0.240 e. The van der Waals surface area contributed by atoms with Crippen LogP contribution in [0.4, 0.5) is 0 Å². The minimum absolute atomic E-state index is 0. The summed E-state index contributed by atoms with van der Waals surface area (Å²) in [5.74, 6) is 1.04. The maximum absolute atomic E-state index is 12.5. The number of rotatable bonds is 4. The Labute approximate surface area is 138 Å². The van der Waals surface area contributed by atoms with Crippen molar-refractivity contribution in [2.24, 2.45) is 11.7 Å². The smallest absolute Gasteiger partial charge is 0.240 e. The lowest BCUT2D eigenvalue weighted by atomic mass is 10.1. The number of hydrogen-bond donors (Lipinski definition) is 2. The minimum Gasteiger partial charge on any atom is -0.490 e. The summed E-state index contributed by atoms with van der Waals surface area (Å²) in [5.41, 5.74) is 6.68. The molecule has 3 N–H and O–H groups in total. The van der Waals surface area contributed by atoms with Crippen LogP contribution in [0.3, 0.4) is 0 Å². The molecule has 1 fully saturated rings. The van der Waals surface area contributed by atoms with E-state index in [0.29, 0.717) is 11.4 Å². The summed E-state index contributed by atoms with van der Waals surface area (Å²) in [7, 11) is -3.49. The highest BCUT2D eigenvalue weighted by atomic mass is 35.5. The molecule has 1 saturated carbocycles. The second-order valence-corrected chi connectivity index (χ2v) is 7.77. The fourth-order valence-corrected chi connectivity index (χ4v) is 4.70. The predicted octanol–water partition coefficient (Wildman–Crippen LogP) is 1.84. The van der Waals surface area contributed by atoms with Gasteiger partial charge >= 0.3 is 0 Å². The molecule has 22 heavy (non-hydrogen) atoms. The first kappa shape index (κ1) is 17.5. The molecule has 3 unspecified atom stereocenters. The number of nitrogens with two attached hydrogens (primary N) is 1. The van der Waals surface area contributed by atoms with E-state index in [4.69, 9.17) is 10.5 Å². The molecule has 124 valence electrons. The van der Waals surface area contributed by atoms with Crippen molar-refractivity contribution in [2.75, 3.05) is 6.54 Å². The summed E-state index contributed by atoms with van der Waals surface area (Å²) >= 11 is 0. The molecular weight excluding hydrogens is 324 g/mol. The van der Waals surface area contributed by atoms with Gasteiger partial charge in [0.05, 0.1) is 4.90 Å². The second kappa shape index (κ2) is 6.74. The van der Waals surface area contributed by atoms with E-state index in [1.54, 1.807) is 18.2 Å². The lowest BCUT2D eigenvalue weighted by molar-refractivity contribution is 0.254. The fraction of sp³-hybridized carbons (Fsp3) is 0.600. The van der Waals surface area contributed by atoms with Gasteiger partial charge in [0.2, 0.25) is 10.0 Å². The van der Waals surface area contributed by atoms with Gasteiger partial charge in [-0.1, -0.05) is 6.42 Å². The van der Waals surface area contributed by atoms with Crippen molar-refractivity contribution in [2.45, 2.75) is 49.6 Å². The van der Waals surface area contributed by atoms with E-state index >= 15 is 0 Å². The zero-order chi connectivity index (χ0) is 15.0. The van der Waals surface area contributed by atoms with Crippen molar-refractivity contribution in [3.63, 3.8) is 0 Å². The van der Waals surface area contributed by atoms with Crippen LogP contribution in [0.25, 0.3) is 0 Å². The quantitative estimate of drug-likeness (QED) is 0.871. The summed E-state index contributed by atoms with van der Waals surface area (Å²) in [6.07, 6.45) is 3.77. The first-order valence-electron chi connectivity index (χ1n) is 7.51. The molecule has 1 aliphatic carbocycles. The molecule has 5 nitrogen and oxygen atoms in total. The van der Waals surface area contributed by atoms with Gasteiger partial charge < -0.3 is 10.5 Å². The highest BCUT2D eigenvalue weighted by Gasteiger charge is 2.31. The minimum atomic E-state index is -3.49. The van der Waals surface area contributed by atoms with Crippen molar-refractivity contribution in [3.05, 3.63) is 23.8 Å². The third kappa shape index (κ3) is 3.40. The summed E-state index contributed by atoms with van der Waals surface area (Å²) in [6, 6.07) is 5.06. The van der Waals surface area contributed by atoms with Crippen molar-refractivity contribution in [1.82, 2.24) is 4.72 Å². The van der Waals surface area contributed by atoms with Crippen LogP contribution >= 0.6 is 12.4 Å². The molecular formula is C15H23ClN2O3S. The monoisotopic (exact) mass is 346 g/mol. The molecule has 3 rings (SSSR count). The Morgan fingerprint density at radius 3 is 2.86 bits per heavy atom. The van der Waals surface area contributed by atoms with Crippen molar-refractivity contribution in [1.29, 1.82) is 0 Å². The third-order valence-electron chi connectivity index (χ3n) is 4.45. The highest BCUT2D eigenvalue weighted by Crippen LogP contribution is 2.31. The van der Waals surface area contributed by atoms with Crippen LogP contribution in [-0.4, -0.2) is 27.1 Å². The number of hydrogen-bond acceptors (Lipinski definition) is 4. The van der Waals surface area contributed by atoms with Crippen molar-refractivity contribution >= 4 is 22.4 Å². The van der Waals surface area contributed by atoms with Gasteiger partial charge in [-0.3, -0.25) is 0 Å². The van der Waals surface area contributed by atoms with Crippen LogP contribution in [0.5, 0.6) is 5.75 Å². The summed E-state index contributed by atoms with van der Waals surface area (Å²) < 4.78 is 33.5. The molecule has 7 heteroatoms. The molecule has 0 aromatic heterocycles. The molecule has 1 aliphatic heterocycles. The molecule has 0 spiro atoms. The molecule has 2 aliphatic rings. The number of sulfonamides is 1. The Morgan fingerprint density at radius 1 is 1.36 bits per heavy atom. The molecule has 0 amide bonds. The van der Waals surface area contributed by atoms with E-state index < -0.39 is 10.0 Å². The van der Waals surface area contributed by atoms with E-state index in [1.165, 1.54) is 0 Å². The Morgan fingerprint density at radius 2 is 2.14 bits per heavy atom. The molecule has 1 aromatic carbocycles. The van der Waals surface area contributed by atoms with E-state index in [2.05, 4.69) is 4.72 Å². The van der Waals surface area contributed by atoms with Gasteiger partial charge in [-0.25, -0.2) is 13.1 Å². The predicted molar refractivity (Wildman–Crippen MR) is 88.0 cm³/mol. The fourth-order valence-electron chi connectivity index (χ4n) is 3.31. The van der Waals surface area contributed by atoms with Gasteiger partial charge in [-0.2, -0.15) is 0 Å². The van der Waals surface area contributed by atoms with Gasteiger partial charge in [-0.05, 0) is 56.0 Å². The van der Waals surface area contributed by atoms with Crippen molar-refractivity contribution in [3.8, 4) is 5.75 Å². The van der Waals surface area contributed by atoms with Gasteiger partial charge in [0.15, 0.2) is 0 Å². The number of nitrogens with one attached hydrogen (secondary N) is 1. The van der Waals surface area contributed by atoms with Crippen LogP contribution in [-0.2, 0) is 16.4 Å². The second-order valence-electron chi connectivity index (χ2n) is 6.06. The van der Waals surface area contributed by atoms with Crippen LogP contribution in [0.15, 0.2) is 23.1 Å². The first-order chi connectivity index (χ1) is 9.99. The van der Waals surface area contributed by atoms with Crippen LogP contribution < -0.4 is 15.2 Å². The number of benzene rings is 1. The molecule has 0 bridgehead atoms. The third-order valence-corrected chi connectivity index (χ3v) is 5.93. The normalized spacial score (nSPS) is 27.1. The van der Waals surface area contributed by atoms with E-state index in [9.17, 15) is 8.42 Å². The molecule has 0 saturated heterocycles. The lowest BCUT2D eigenvalue weighted by Gasteiger charge is -2.19. The van der Waals surface area contributed by atoms with Gasteiger partial charge in [0, 0.05) is 12.5 Å². The zero-order valence-corrected chi connectivity index (χ0v) is 14.3.